The molecule has 7 heteroatoms. The second-order valence-electron chi connectivity index (χ2n) is 5.90. The third-order valence-electron chi connectivity index (χ3n) is 3.80. The maximum atomic E-state index is 12.0. The lowest BCUT2D eigenvalue weighted by molar-refractivity contribution is -0.144. The Hall–Kier alpha value is -2.57. The zero-order valence-corrected chi connectivity index (χ0v) is 13.2. The van der Waals surface area contributed by atoms with Gasteiger partial charge >= 0.3 is 12.0 Å². The van der Waals surface area contributed by atoms with Gasteiger partial charge in [0.05, 0.1) is 6.54 Å². The van der Waals surface area contributed by atoms with Crippen molar-refractivity contribution in [2.45, 2.75) is 38.3 Å². The van der Waals surface area contributed by atoms with Crippen molar-refractivity contribution in [3.8, 4) is 0 Å². The summed E-state index contributed by atoms with van der Waals surface area (Å²) in [4.78, 5) is 35.4. The Labute approximate surface area is 134 Å². The van der Waals surface area contributed by atoms with E-state index in [-0.39, 0.29) is 24.9 Å². The highest BCUT2D eigenvalue weighted by Gasteiger charge is 2.46. The van der Waals surface area contributed by atoms with E-state index in [0.29, 0.717) is 12.0 Å². The standard InChI is InChI=1S/C16H21N3O4/c1-10(2)18-13(20)9-17-15(23)19-16(14(21)22)8-7-11-5-3-4-6-12(11)16/h3-6,10H,7-9H2,1-2H3,(H,18,20)(H,21,22)(H2,17,19,23)/t16-/m1/s1. The van der Waals surface area contributed by atoms with Gasteiger partial charge in [-0.2, -0.15) is 0 Å². The molecule has 0 saturated carbocycles. The summed E-state index contributed by atoms with van der Waals surface area (Å²) in [5.74, 6) is -1.43. The molecule has 4 N–H and O–H groups in total. The zero-order chi connectivity index (χ0) is 17.0. The van der Waals surface area contributed by atoms with Crippen molar-refractivity contribution in [2.75, 3.05) is 6.54 Å². The summed E-state index contributed by atoms with van der Waals surface area (Å²) in [5.41, 5.74) is 0.0527. The molecule has 1 atom stereocenters. The number of hydrogen-bond donors (Lipinski definition) is 4. The number of nitrogens with one attached hydrogen (secondary N) is 3. The first kappa shape index (κ1) is 16.8. The summed E-state index contributed by atoms with van der Waals surface area (Å²) >= 11 is 0. The molecular weight excluding hydrogens is 298 g/mol. The van der Waals surface area contributed by atoms with E-state index in [4.69, 9.17) is 0 Å². The Bertz CT molecular complexity index is 630. The number of aryl methyl sites for hydroxylation is 1. The van der Waals surface area contributed by atoms with Crippen molar-refractivity contribution >= 4 is 17.9 Å². The van der Waals surface area contributed by atoms with Gasteiger partial charge in [0.1, 0.15) is 0 Å². The van der Waals surface area contributed by atoms with E-state index in [2.05, 4.69) is 16.0 Å². The predicted octanol–water partition coefficient (Wildman–Crippen LogP) is 0.737. The molecule has 1 aliphatic carbocycles. The van der Waals surface area contributed by atoms with E-state index in [1.54, 1.807) is 12.1 Å². The van der Waals surface area contributed by atoms with Gasteiger partial charge in [-0.1, -0.05) is 24.3 Å². The molecule has 1 aromatic rings. The molecule has 1 aromatic carbocycles. The Morgan fingerprint density at radius 2 is 1.96 bits per heavy atom. The Kier molecular flexibility index (Phi) is 4.88. The number of rotatable bonds is 5. The van der Waals surface area contributed by atoms with Crippen molar-refractivity contribution in [1.29, 1.82) is 0 Å². The molecule has 124 valence electrons. The molecule has 0 bridgehead atoms. The quantitative estimate of drug-likeness (QED) is 0.642. The van der Waals surface area contributed by atoms with Crippen LogP contribution in [-0.4, -0.2) is 35.6 Å². The average Bonchev–Trinajstić information content (AvgIpc) is 2.85. The van der Waals surface area contributed by atoms with Crippen LogP contribution in [0.15, 0.2) is 24.3 Å². The van der Waals surface area contributed by atoms with Crippen molar-refractivity contribution < 1.29 is 19.5 Å². The maximum absolute atomic E-state index is 12.0. The number of hydrogen-bond acceptors (Lipinski definition) is 3. The fourth-order valence-corrected chi connectivity index (χ4v) is 2.79. The van der Waals surface area contributed by atoms with E-state index < -0.39 is 17.5 Å². The summed E-state index contributed by atoms with van der Waals surface area (Å²) < 4.78 is 0. The minimum atomic E-state index is -1.45. The molecule has 0 fully saturated rings. The van der Waals surface area contributed by atoms with Gasteiger partial charge in [-0.15, -0.1) is 0 Å². The Balaban J connectivity index is 2.06. The van der Waals surface area contributed by atoms with Crippen molar-refractivity contribution in [1.82, 2.24) is 16.0 Å². The molecule has 0 unspecified atom stereocenters. The molecule has 0 spiro atoms. The topological polar surface area (TPSA) is 108 Å². The molecule has 0 radical (unpaired) electrons. The lowest BCUT2D eigenvalue weighted by Crippen LogP contribution is -2.54. The van der Waals surface area contributed by atoms with Gasteiger partial charge in [0, 0.05) is 6.04 Å². The molecule has 0 saturated heterocycles. The lowest BCUT2D eigenvalue weighted by atomic mass is 9.92. The third kappa shape index (κ3) is 3.61. The van der Waals surface area contributed by atoms with Gasteiger partial charge in [0.2, 0.25) is 5.91 Å². The second kappa shape index (κ2) is 6.68. The number of carboxylic acid groups (broad SMARTS) is 1. The number of fused-ring (bicyclic) bond motifs is 1. The van der Waals surface area contributed by atoms with E-state index in [9.17, 15) is 19.5 Å². The highest BCUT2D eigenvalue weighted by Crippen LogP contribution is 2.37. The highest BCUT2D eigenvalue weighted by atomic mass is 16.4. The van der Waals surface area contributed by atoms with Crippen LogP contribution < -0.4 is 16.0 Å². The molecule has 0 heterocycles. The molecule has 3 amide bonds. The second-order valence-corrected chi connectivity index (χ2v) is 5.90. The van der Waals surface area contributed by atoms with Crippen molar-refractivity contribution in [3.05, 3.63) is 35.4 Å². The molecule has 23 heavy (non-hydrogen) atoms. The first-order valence-electron chi connectivity index (χ1n) is 7.52. The van der Waals surface area contributed by atoms with Gasteiger partial charge in [-0.25, -0.2) is 9.59 Å². The fraction of sp³-hybridized carbons (Fsp3) is 0.438. The summed E-state index contributed by atoms with van der Waals surface area (Å²) in [5, 5.41) is 17.2. The van der Waals surface area contributed by atoms with Crippen LogP contribution in [0.3, 0.4) is 0 Å². The van der Waals surface area contributed by atoms with Gasteiger partial charge in [0.25, 0.3) is 0 Å². The van der Waals surface area contributed by atoms with Crippen LogP contribution in [0.1, 0.15) is 31.4 Å². The number of aliphatic carboxylic acids is 1. The van der Waals surface area contributed by atoms with Crippen LogP contribution >= 0.6 is 0 Å². The van der Waals surface area contributed by atoms with E-state index in [1.165, 1.54) is 0 Å². The summed E-state index contributed by atoms with van der Waals surface area (Å²) in [6, 6.07) is 6.45. The molecule has 1 aliphatic rings. The van der Waals surface area contributed by atoms with Gasteiger partial charge in [-0.05, 0) is 37.8 Å². The minimum absolute atomic E-state index is 0.0283. The monoisotopic (exact) mass is 319 g/mol. The minimum Gasteiger partial charge on any atom is -0.479 e. The molecule has 7 nitrogen and oxygen atoms in total. The third-order valence-corrected chi connectivity index (χ3v) is 3.80. The number of carboxylic acids is 1. The maximum Gasteiger partial charge on any atom is 0.334 e. The number of benzene rings is 1. The molecular formula is C16H21N3O4. The van der Waals surface area contributed by atoms with Crippen LogP contribution in [0.5, 0.6) is 0 Å². The summed E-state index contributed by atoms with van der Waals surface area (Å²) in [6.45, 7) is 3.42. The number of amides is 3. The predicted molar refractivity (Wildman–Crippen MR) is 83.9 cm³/mol. The first-order valence-corrected chi connectivity index (χ1v) is 7.52. The number of carbonyl (C=O) groups excluding carboxylic acids is 2. The molecule has 0 aliphatic heterocycles. The summed E-state index contributed by atoms with van der Waals surface area (Å²) in [6.07, 6.45) is 0.865. The van der Waals surface area contributed by atoms with Gasteiger partial charge < -0.3 is 21.1 Å². The number of carbonyl (C=O) groups is 3. The largest absolute Gasteiger partial charge is 0.479 e. The van der Waals surface area contributed by atoms with Crippen LogP contribution in [-0.2, 0) is 21.5 Å². The zero-order valence-electron chi connectivity index (χ0n) is 13.2. The van der Waals surface area contributed by atoms with Crippen LogP contribution in [0.25, 0.3) is 0 Å². The molecule has 0 aromatic heterocycles. The van der Waals surface area contributed by atoms with Crippen LogP contribution in [0.4, 0.5) is 4.79 Å². The van der Waals surface area contributed by atoms with E-state index in [1.807, 2.05) is 26.0 Å². The Morgan fingerprint density at radius 1 is 1.26 bits per heavy atom. The van der Waals surface area contributed by atoms with E-state index >= 15 is 0 Å². The van der Waals surface area contributed by atoms with Gasteiger partial charge in [-0.3, -0.25) is 4.79 Å². The van der Waals surface area contributed by atoms with Crippen LogP contribution in [0, 0.1) is 0 Å². The van der Waals surface area contributed by atoms with Crippen molar-refractivity contribution in [3.63, 3.8) is 0 Å². The average molecular weight is 319 g/mol. The fourth-order valence-electron chi connectivity index (χ4n) is 2.79. The van der Waals surface area contributed by atoms with Gasteiger partial charge in [0.15, 0.2) is 5.54 Å². The van der Waals surface area contributed by atoms with Crippen LogP contribution in [0.2, 0.25) is 0 Å². The summed E-state index contributed by atoms with van der Waals surface area (Å²) in [7, 11) is 0. The van der Waals surface area contributed by atoms with Crippen molar-refractivity contribution in [2.24, 2.45) is 0 Å². The smallest absolute Gasteiger partial charge is 0.334 e. The van der Waals surface area contributed by atoms with E-state index in [0.717, 1.165) is 5.56 Å². The SMILES string of the molecule is CC(C)NC(=O)CNC(=O)N[C@]1(C(=O)O)CCc2ccccc21. The Morgan fingerprint density at radius 3 is 2.61 bits per heavy atom. The lowest BCUT2D eigenvalue weighted by Gasteiger charge is -2.27. The highest BCUT2D eigenvalue weighted by molar-refractivity contribution is 5.90. The molecule has 2 rings (SSSR count). The normalized spacial score (nSPS) is 19.1. The first-order chi connectivity index (χ1) is 10.8. The number of urea groups is 1.